The summed E-state index contributed by atoms with van der Waals surface area (Å²) in [4.78, 5) is 15.5. The number of carbonyl (C=O) groups excluding carboxylic acids is 1. The molecule has 4 rings (SSSR count). The highest BCUT2D eigenvalue weighted by atomic mass is 32.2. The van der Waals surface area contributed by atoms with Gasteiger partial charge in [-0.15, -0.1) is 0 Å². The van der Waals surface area contributed by atoms with Crippen molar-refractivity contribution < 1.29 is 17.9 Å². The van der Waals surface area contributed by atoms with E-state index >= 15 is 0 Å². The van der Waals surface area contributed by atoms with Gasteiger partial charge in [-0.3, -0.25) is 4.79 Å². The number of para-hydroxylation sites is 1. The number of hydrogen-bond acceptors (Lipinski definition) is 4. The van der Waals surface area contributed by atoms with Gasteiger partial charge in [0, 0.05) is 30.9 Å². The molecule has 2 atom stereocenters. The van der Waals surface area contributed by atoms with Crippen molar-refractivity contribution in [2.24, 2.45) is 0 Å². The lowest BCUT2D eigenvalue weighted by Crippen LogP contribution is -2.48. The maximum atomic E-state index is 13.6. The van der Waals surface area contributed by atoms with Gasteiger partial charge in [-0.05, 0) is 56.2 Å². The molecule has 1 aliphatic rings. The summed E-state index contributed by atoms with van der Waals surface area (Å²) in [5, 5.41) is 0. The standard InChI is InChI=1S/C27H30N2O4S/c1-21-19-28(20-22(2)33-21)34(31,32)26-15-9-12-24(18-26)27(30)29(25-13-7-4-8-14-25)17-16-23-10-5-3-6-11-23/h3-15,18,21-22H,16-17,19-20H2,1-2H3. The van der Waals surface area contributed by atoms with E-state index in [0.717, 1.165) is 11.3 Å². The monoisotopic (exact) mass is 478 g/mol. The van der Waals surface area contributed by atoms with Crippen LogP contribution in [0.4, 0.5) is 5.69 Å². The summed E-state index contributed by atoms with van der Waals surface area (Å²) in [5.41, 5.74) is 2.24. The zero-order chi connectivity index (χ0) is 24.1. The SMILES string of the molecule is CC1CN(S(=O)(=O)c2cccc(C(=O)N(CCc3ccccc3)c3ccccc3)c2)CC(C)O1. The smallest absolute Gasteiger partial charge is 0.258 e. The van der Waals surface area contributed by atoms with Crippen LogP contribution in [0.5, 0.6) is 0 Å². The normalized spacial score (nSPS) is 19.0. The van der Waals surface area contributed by atoms with Crippen LogP contribution < -0.4 is 4.90 Å². The number of anilines is 1. The fraction of sp³-hybridized carbons (Fsp3) is 0.296. The topological polar surface area (TPSA) is 66.9 Å². The molecule has 0 saturated carbocycles. The van der Waals surface area contributed by atoms with Crippen LogP contribution in [0, 0.1) is 0 Å². The Balaban J connectivity index is 1.61. The Bertz CT molecular complexity index is 1210. The van der Waals surface area contributed by atoms with Gasteiger partial charge in [-0.25, -0.2) is 8.42 Å². The average molecular weight is 479 g/mol. The number of hydrogen-bond donors (Lipinski definition) is 0. The quantitative estimate of drug-likeness (QED) is 0.506. The summed E-state index contributed by atoms with van der Waals surface area (Å²) in [7, 11) is -3.75. The lowest BCUT2D eigenvalue weighted by atomic mass is 10.1. The summed E-state index contributed by atoms with van der Waals surface area (Å²) in [6.45, 7) is 4.78. The van der Waals surface area contributed by atoms with E-state index in [1.807, 2.05) is 74.5 Å². The van der Waals surface area contributed by atoms with Crippen LogP contribution in [0.15, 0.2) is 89.8 Å². The van der Waals surface area contributed by atoms with Crippen molar-refractivity contribution in [3.8, 4) is 0 Å². The molecule has 2 unspecified atom stereocenters. The average Bonchev–Trinajstić information content (AvgIpc) is 2.85. The van der Waals surface area contributed by atoms with Gasteiger partial charge in [0.15, 0.2) is 0 Å². The van der Waals surface area contributed by atoms with Gasteiger partial charge in [0.25, 0.3) is 5.91 Å². The van der Waals surface area contributed by atoms with Gasteiger partial charge in [-0.2, -0.15) is 4.31 Å². The molecule has 1 aliphatic heterocycles. The zero-order valence-corrected chi connectivity index (χ0v) is 20.3. The molecule has 1 fully saturated rings. The van der Waals surface area contributed by atoms with Crippen LogP contribution in [-0.2, 0) is 21.2 Å². The van der Waals surface area contributed by atoms with E-state index in [1.54, 1.807) is 23.1 Å². The molecule has 178 valence electrons. The third-order valence-corrected chi connectivity index (χ3v) is 7.71. The Morgan fingerprint density at radius 1 is 0.912 bits per heavy atom. The number of sulfonamides is 1. The van der Waals surface area contributed by atoms with Gasteiger partial charge in [0.1, 0.15) is 0 Å². The van der Waals surface area contributed by atoms with Gasteiger partial charge < -0.3 is 9.64 Å². The van der Waals surface area contributed by atoms with Crippen molar-refractivity contribution in [1.29, 1.82) is 0 Å². The van der Waals surface area contributed by atoms with Crippen molar-refractivity contribution in [2.45, 2.75) is 37.4 Å². The molecule has 1 saturated heterocycles. The van der Waals surface area contributed by atoms with E-state index in [2.05, 4.69) is 0 Å². The maximum Gasteiger partial charge on any atom is 0.258 e. The minimum absolute atomic E-state index is 0.121. The largest absolute Gasteiger partial charge is 0.373 e. The van der Waals surface area contributed by atoms with E-state index in [0.29, 0.717) is 18.5 Å². The second-order valence-electron chi connectivity index (χ2n) is 8.64. The second kappa shape index (κ2) is 10.5. The summed E-state index contributed by atoms with van der Waals surface area (Å²) in [6.07, 6.45) is 0.313. The second-order valence-corrected chi connectivity index (χ2v) is 10.6. The third-order valence-electron chi connectivity index (χ3n) is 5.88. The van der Waals surface area contributed by atoms with Crippen molar-refractivity contribution in [1.82, 2.24) is 4.31 Å². The highest BCUT2D eigenvalue weighted by molar-refractivity contribution is 7.89. The number of nitrogens with zero attached hydrogens (tertiary/aromatic N) is 2. The van der Waals surface area contributed by atoms with Crippen molar-refractivity contribution >= 4 is 21.6 Å². The molecule has 1 heterocycles. The van der Waals surface area contributed by atoms with Gasteiger partial charge in [0.05, 0.1) is 17.1 Å². The number of rotatable bonds is 7. The lowest BCUT2D eigenvalue weighted by molar-refractivity contribution is -0.0440. The highest BCUT2D eigenvalue weighted by Gasteiger charge is 2.32. The fourth-order valence-electron chi connectivity index (χ4n) is 4.26. The minimum atomic E-state index is -3.75. The fourth-order valence-corrected chi connectivity index (χ4v) is 5.90. The van der Waals surface area contributed by atoms with E-state index in [4.69, 9.17) is 4.74 Å². The van der Waals surface area contributed by atoms with Crippen LogP contribution >= 0.6 is 0 Å². The van der Waals surface area contributed by atoms with Gasteiger partial charge in [-0.1, -0.05) is 54.6 Å². The molecule has 34 heavy (non-hydrogen) atoms. The van der Waals surface area contributed by atoms with Gasteiger partial charge in [0.2, 0.25) is 10.0 Å². The molecule has 0 N–H and O–H groups in total. The Kier molecular flexibility index (Phi) is 7.46. The first kappa shape index (κ1) is 24.1. The molecule has 3 aromatic rings. The Morgan fingerprint density at radius 3 is 2.18 bits per heavy atom. The molecule has 3 aromatic carbocycles. The molecule has 7 heteroatoms. The van der Waals surface area contributed by atoms with Crippen molar-refractivity contribution in [2.75, 3.05) is 24.5 Å². The summed E-state index contributed by atoms with van der Waals surface area (Å²) >= 11 is 0. The molecule has 0 bridgehead atoms. The molecule has 1 amide bonds. The Hall–Kier alpha value is -3.00. The van der Waals surface area contributed by atoms with Crippen LogP contribution in [0.3, 0.4) is 0 Å². The Morgan fingerprint density at radius 2 is 1.53 bits per heavy atom. The Labute approximate surface area is 201 Å². The molecule has 6 nitrogen and oxygen atoms in total. The zero-order valence-electron chi connectivity index (χ0n) is 19.5. The lowest BCUT2D eigenvalue weighted by Gasteiger charge is -2.34. The van der Waals surface area contributed by atoms with Crippen LogP contribution in [0.2, 0.25) is 0 Å². The number of amides is 1. The summed E-state index contributed by atoms with van der Waals surface area (Å²) < 4.78 is 33.8. The van der Waals surface area contributed by atoms with E-state index in [-0.39, 0.29) is 36.1 Å². The number of carbonyl (C=O) groups is 1. The van der Waals surface area contributed by atoms with Crippen LogP contribution in [0.25, 0.3) is 0 Å². The van der Waals surface area contributed by atoms with Crippen LogP contribution in [0.1, 0.15) is 29.8 Å². The minimum Gasteiger partial charge on any atom is -0.373 e. The molecule has 0 radical (unpaired) electrons. The van der Waals surface area contributed by atoms with Crippen molar-refractivity contribution in [3.05, 3.63) is 96.1 Å². The molecule has 0 spiro atoms. The van der Waals surface area contributed by atoms with Crippen molar-refractivity contribution in [3.63, 3.8) is 0 Å². The van der Waals surface area contributed by atoms with Gasteiger partial charge >= 0.3 is 0 Å². The number of morpholine rings is 1. The predicted molar refractivity (Wildman–Crippen MR) is 133 cm³/mol. The third kappa shape index (κ3) is 5.55. The maximum absolute atomic E-state index is 13.6. The first-order valence-corrected chi connectivity index (χ1v) is 12.9. The first-order chi connectivity index (χ1) is 16.3. The molecular weight excluding hydrogens is 448 g/mol. The number of benzene rings is 3. The van der Waals surface area contributed by atoms with E-state index in [9.17, 15) is 13.2 Å². The van der Waals surface area contributed by atoms with Crippen LogP contribution in [-0.4, -0.2) is 50.5 Å². The first-order valence-electron chi connectivity index (χ1n) is 11.5. The molecule has 0 aromatic heterocycles. The molecule has 0 aliphatic carbocycles. The van der Waals surface area contributed by atoms with E-state index in [1.165, 1.54) is 10.4 Å². The predicted octanol–water partition coefficient (Wildman–Crippen LogP) is 4.37. The van der Waals surface area contributed by atoms with E-state index < -0.39 is 10.0 Å². The summed E-state index contributed by atoms with van der Waals surface area (Å²) in [6, 6.07) is 25.8. The number of ether oxygens (including phenoxy) is 1. The highest BCUT2D eigenvalue weighted by Crippen LogP contribution is 2.24. The summed E-state index contributed by atoms with van der Waals surface area (Å²) in [5.74, 6) is -0.233. The molecular formula is C27H30N2O4S.